The van der Waals surface area contributed by atoms with Gasteiger partial charge in [0.25, 0.3) is 5.88 Å². The van der Waals surface area contributed by atoms with E-state index in [-0.39, 0.29) is 34.6 Å². The standard InChI is InChI=1S/C14H17ClN2O6/c1-7-8(15)9-11(22-6-5-21-9)16-10(7)17(12(18)19)13(20)23-14(2,3)4/h5-6H2,1-4H3,(H,18,19). The molecule has 126 valence electrons. The molecule has 0 fully saturated rings. The smallest absolute Gasteiger partial charge is 0.425 e. The van der Waals surface area contributed by atoms with Crippen LogP contribution < -0.4 is 14.4 Å². The summed E-state index contributed by atoms with van der Waals surface area (Å²) in [5, 5.41) is 9.52. The number of carboxylic acid groups (broad SMARTS) is 1. The number of hydrogen-bond acceptors (Lipinski definition) is 6. The van der Waals surface area contributed by atoms with E-state index in [0.29, 0.717) is 11.5 Å². The molecule has 0 aromatic carbocycles. The van der Waals surface area contributed by atoms with Crippen LogP contribution in [0.3, 0.4) is 0 Å². The number of halogens is 1. The number of hydrogen-bond donors (Lipinski definition) is 1. The van der Waals surface area contributed by atoms with Gasteiger partial charge in [0.2, 0.25) is 5.75 Å². The third kappa shape index (κ3) is 3.58. The number of pyridine rings is 1. The molecule has 0 unspecified atom stereocenters. The third-order valence-corrected chi connectivity index (χ3v) is 3.27. The molecule has 0 spiro atoms. The fourth-order valence-electron chi connectivity index (χ4n) is 1.88. The number of fused-ring (bicyclic) bond motifs is 1. The van der Waals surface area contributed by atoms with Gasteiger partial charge in [0, 0.05) is 5.56 Å². The van der Waals surface area contributed by atoms with E-state index in [2.05, 4.69) is 4.98 Å². The molecule has 0 atom stereocenters. The Hall–Kier alpha value is -2.22. The Bertz CT molecular complexity index is 656. The zero-order valence-electron chi connectivity index (χ0n) is 13.2. The third-order valence-electron chi connectivity index (χ3n) is 2.81. The first kappa shape index (κ1) is 17.1. The topological polar surface area (TPSA) is 98.2 Å². The molecule has 2 rings (SSSR count). The Morgan fingerprint density at radius 3 is 2.48 bits per heavy atom. The number of rotatable bonds is 1. The van der Waals surface area contributed by atoms with Crippen molar-refractivity contribution in [1.82, 2.24) is 4.98 Å². The van der Waals surface area contributed by atoms with Crippen LogP contribution >= 0.6 is 11.6 Å². The molecule has 9 heteroatoms. The van der Waals surface area contributed by atoms with Crippen molar-refractivity contribution in [2.24, 2.45) is 0 Å². The molecule has 0 saturated carbocycles. The molecule has 1 aromatic rings. The van der Waals surface area contributed by atoms with Crippen LogP contribution in [0.4, 0.5) is 15.4 Å². The summed E-state index contributed by atoms with van der Waals surface area (Å²) in [7, 11) is 0. The monoisotopic (exact) mass is 344 g/mol. The Morgan fingerprint density at radius 1 is 1.30 bits per heavy atom. The van der Waals surface area contributed by atoms with Crippen molar-refractivity contribution in [3.8, 4) is 11.6 Å². The highest BCUT2D eigenvalue weighted by Crippen LogP contribution is 2.41. The highest BCUT2D eigenvalue weighted by atomic mass is 35.5. The van der Waals surface area contributed by atoms with Crippen LogP contribution in [-0.4, -0.2) is 41.1 Å². The minimum Gasteiger partial charge on any atom is -0.483 e. The molecule has 1 N–H and O–H groups in total. The number of ether oxygens (including phenoxy) is 3. The molecule has 2 heterocycles. The fourth-order valence-corrected chi connectivity index (χ4v) is 2.10. The van der Waals surface area contributed by atoms with Gasteiger partial charge in [0.15, 0.2) is 5.82 Å². The van der Waals surface area contributed by atoms with Crippen LogP contribution in [0.2, 0.25) is 5.02 Å². The molecule has 1 aliphatic heterocycles. The summed E-state index contributed by atoms with van der Waals surface area (Å²) >= 11 is 6.19. The Kier molecular flexibility index (Phi) is 4.56. The highest BCUT2D eigenvalue weighted by molar-refractivity contribution is 6.33. The van der Waals surface area contributed by atoms with Gasteiger partial charge in [-0.05, 0) is 27.7 Å². The Balaban J connectivity index is 2.50. The average Bonchev–Trinajstić information content (AvgIpc) is 2.42. The van der Waals surface area contributed by atoms with Crippen molar-refractivity contribution in [1.29, 1.82) is 0 Å². The second-order valence-electron chi connectivity index (χ2n) is 5.80. The first-order valence-electron chi connectivity index (χ1n) is 6.83. The summed E-state index contributed by atoms with van der Waals surface area (Å²) in [6.45, 7) is 6.97. The second kappa shape index (κ2) is 6.11. The summed E-state index contributed by atoms with van der Waals surface area (Å²) in [4.78, 5) is 28.2. The van der Waals surface area contributed by atoms with E-state index >= 15 is 0 Å². The molecule has 1 aromatic heterocycles. The number of imide groups is 1. The summed E-state index contributed by atoms with van der Waals surface area (Å²) in [6, 6.07) is 0. The quantitative estimate of drug-likeness (QED) is 0.834. The lowest BCUT2D eigenvalue weighted by atomic mass is 10.2. The van der Waals surface area contributed by atoms with E-state index < -0.39 is 17.8 Å². The van der Waals surface area contributed by atoms with E-state index in [0.717, 1.165) is 0 Å². The van der Waals surface area contributed by atoms with Gasteiger partial charge in [-0.15, -0.1) is 0 Å². The van der Waals surface area contributed by atoms with Crippen molar-refractivity contribution in [2.45, 2.75) is 33.3 Å². The van der Waals surface area contributed by atoms with Gasteiger partial charge in [-0.25, -0.2) is 9.59 Å². The average molecular weight is 345 g/mol. The van der Waals surface area contributed by atoms with Crippen molar-refractivity contribution < 1.29 is 28.9 Å². The van der Waals surface area contributed by atoms with Gasteiger partial charge in [0.1, 0.15) is 18.8 Å². The summed E-state index contributed by atoms with van der Waals surface area (Å²) < 4.78 is 15.8. The van der Waals surface area contributed by atoms with E-state index in [1.165, 1.54) is 6.92 Å². The van der Waals surface area contributed by atoms with Gasteiger partial charge in [-0.2, -0.15) is 9.88 Å². The fraction of sp³-hybridized carbons (Fsp3) is 0.500. The molecule has 0 saturated heterocycles. The van der Waals surface area contributed by atoms with Crippen LogP contribution in [0.1, 0.15) is 26.3 Å². The van der Waals surface area contributed by atoms with Gasteiger partial charge < -0.3 is 19.3 Å². The first-order valence-corrected chi connectivity index (χ1v) is 7.21. The van der Waals surface area contributed by atoms with Crippen molar-refractivity contribution in [3.63, 3.8) is 0 Å². The number of carbonyl (C=O) groups excluding carboxylic acids is 1. The van der Waals surface area contributed by atoms with Gasteiger partial charge in [-0.3, -0.25) is 0 Å². The largest absolute Gasteiger partial charge is 0.483 e. The van der Waals surface area contributed by atoms with E-state index in [9.17, 15) is 14.7 Å². The van der Waals surface area contributed by atoms with Gasteiger partial charge >= 0.3 is 12.2 Å². The van der Waals surface area contributed by atoms with Crippen LogP contribution in [0, 0.1) is 6.92 Å². The minimum absolute atomic E-state index is 0.0386. The lowest BCUT2D eigenvalue weighted by Crippen LogP contribution is -2.41. The molecule has 0 radical (unpaired) electrons. The number of anilines is 1. The molecule has 8 nitrogen and oxygen atoms in total. The summed E-state index contributed by atoms with van der Waals surface area (Å²) in [5.41, 5.74) is -0.597. The van der Waals surface area contributed by atoms with Crippen LogP contribution in [-0.2, 0) is 4.74 Å². The molecular weight excluding hydrogens is 328 g/mol. The van der Waals surface area contributed by atoms with Crippen LogP contribution in [0.5, 0.6) is 11.6 Å². The lowest BCUT2D eigenvalue weighted by molar-refractivity contribution is 0.0580. The van der Waals surface area contributed by atoms with Gasteiger partial charge in [-0.1, -0.05) is 11.6 Å². The Labute approximate surface area is 137 Å². The normalized spacial score (nSPS) is 13.4. The Morgan fingerprint density at radius 2 is 1.91 bits per heavy atom. The van der Waals surface area contributed by atoms with Gasteiger partial charge in [0.05, 0.1) is 5.02 Å². The number of nitrogens with zero attached hydrogens (tertiary/aromatic N) is 2. The highest BCUT2D eigenvalue weighted by Gasteiger charge is 2.34. The summed E-state index contributed by atoms with van der Waals surface area (Å²) in [6.07, 6.45) is -2.61. The molecule has 2 amide bonds. The second-order valence-corrected chi connectivity index (χ2v) is 6.18. The van der Waals surface area contributed by atoms with Crippen molar-refractivity contribution in [3.05, 3.63) is 10.6 Å². The maximum absolute atomic E-state index is 12.2. The summed E-state index contributed by atoms with van der Waals surface area (Å²) in [5.74, 6) is 0.0892. The zero-order chi connectivity index (χ0) is 17.4. The maximum Gasteiger partial charge on any atom is 0.425 e. The first-order chi connectivity index (χ1) is 10.6. The number of aromatic nitrogens is 1. The minimum atomic E-state index is -1.54. The SMILES string of the molecule is Cc1c(N(C(=O)O)C(=O)OC(C)(C)C)nc2c(c1Cl)OCCO2. The van der Waals surface area contributed by atoms with E-state index in [1.807, 2.05) is 0 Å². The molecule has 23 heavy (non-hydrogen) atoms. The number of carbonyl (C=O) groups is 2. The van der Waals surface area contributed by atoms with Crippen molar-refractivity contribution >= 4 is 29.6 Å². The zero-order valence-corrected chi connectivity index (χ0v) is 13.9. The van der Waals surface area contributed by atoms with Crippen LogP contribution in [0.25, 0.3) is 0 Å². The number of amides is 2. The van der Waals surface area contributed by atoms with Crippen molar-refractivity contribution in [2.75, 3.05) is 18.1 Å². The predicted octanol–water partition coefficient (Wildman–Crippen LogP) is 3.23. The molecular formula is C14H17ClN2O6. The van der Waals surface area contributed by atoms with E-state index in [4.69, 9.17) is 25.8 Å². The van der Waals surface area contributed by atoms with Crippen LogP contribution in [0.15, 0.2) is 0 Å². The molecule has 0 bridgehead atoms. The lowest BCUT2D eigenvalue weighted by Gasteiger charge is -2.26. The molecule has 1 aliphatic rings. The molecule has 0 aliphatic carbocycles. The predicted molar refractivity (Wildman–Crippen MR) is 81.7 cm³/mol. The van der Waals surface area contributed by atoms with E-state index in [1.54, 1.807) is 20.8 Å². The maximum atomic E-state index is 12.2.